The van der Waals surface area contributed by atoms with Crippen LogP contribution in [-0.2, 0) is 10.0 Å². The molecule has 10 heteroatoms. The summed E-state index contributed by atoms with van der Waals surface area (Å²) in [5.74, 6) is -2.20. The zero-order valence-electron chi connectivity index (χ0n) is 14.1. The lowest BCUT2D eigenvalue weighted by atomic mass is 10.2. The molecule has 0 fully saturated rings. The molecule has 3 N–H and O–H groups in total. The first kappa shape index (κ1) is 19.2. The van der Waals surface area contributed by atoms with Gasteiger partial charge in [-0.1, -0.05) is 6.07 Å². The van der Waals surface area contributed by atoms with Crippen molar-refractivity contribution in [2.75, 3.05) is 4.72 Å². The topological polar surface area (TPSA) is 111 Å². The summed E-state index contributed by atoms with van der Waals surface area (Å²) in [5.41, 5.74) is 5.51. The maximum atomic E-state index is 13.2. The molecule has 0 radical (unpaired) electrons. The number of amides is 1. The summed E-state index contributed by atoms with van der Waals surface area (Å²) in [6.07, 6.45) is 1.17. The summed E-state index contributed by atoms with van der Waals surface area (Å²) in [6.45, 7) is 0. The summed E-state index contributed by atoms with van der Waals surface area (Å²) < 4.78 is 58.6. The van der Waals surface area contributed by atoms with E-state index in [2.05, 4.69) is 9.71 Å². The van der Waals surface area contributed by atoms with E-state index in [1.807, 2.05) is 0 Å². The standard InChI is InChI=1S/C18H13F2N3O4S/c19-12-7-13(20)9-16(8-12)28(25,26)23-14-4-5-17(22-10-14)27-15-3-1-2-11(6-15)18(21)24/h1-10,23H,(H2,21,24). The van der Waals surface area contributed by atoms with Gasteiger partial charge in [0.2, 0.25) is 11.8 Å². The number of nitrogens with zero attached hydrogens (tertiary/aromatic N) is 1. The van der Waals surface area contributed by atoms with Crippen molar-refractivity contribution in [3.8, 4) is 11.6 Å². The monoisotopic (exact) mass is 405 g/mol. The van der Waals surface area contributed by atoms with Crippen LogP contribution in [0.25, 0.3) is 0 Å². The van der Waals surface area contributed by atoms with E-state index in [0.29, 0.717) is 23.9 Å². The number of pyridine rings is 1. The molecule has 0 aliphatic carbocycles. The normalized spacial score (nSPS) is 11.1. The number of nitrogens with one attached hydrogen (secondary N) is 1. The quantitative estimate of drug-likeness (QED) is 0.655. The number of nitrogens with two attached hydrogens (primary N) is 1. The molecule has 0 spiro atoms. The van der Waals surface area contributed by atoms with E-state index in [-0.39, 0.29) is 17.1 Å². The molecule has 0 aliphatic rings. The predicted molar refractivity (Wildman–Crippen MR) is 96.4 cm³/mol. The molecule has 144 valence electrons. The van der Waals surface area contributed by atoms with Crippen molar-refractivity contribution in [1.82, 2.24) is 4.98 Å². The van der Waals surface area contributed by atoms with Crippen LogP contribution in [0.5, 0.6) is 11.6 Å². The lowest BCUT2D eigenvalue weighted by Crippen LogP contribution is -2.13. The number of primary amides is 1. The summed E-state index contributed by atoms with van der Waals surface area (Å²) in [7, 11) is -4.21. The largest absolute Gasteiger partial charge is 0.439 e. The summed E-state index contributed by atoms with van der Waals surface area (Å²) in [4.78, 5) is 14.6. The number of hydrogen-bond acceptors (Lipinski definition) is 5. The first-order valence-corrected chi connectivity index (χ1v) is 9.24. The fourth-order valence-electron chi connectivity index (χ4n) is 2.23. The predicted octanol–water partition coefficient (Wildman–Crippen LogP) is 3.05. The molecule has 3 rings (SSSR count). The molecule has 1 amide bonds. The molecule has 0 atom stereocenters. The number of ether oxygens (including phenoxy) is 1. The Bertz CT molecular complexity index is 1120. The minimum atomic E-state index is -4.21. The fraction of sp³-hybridized carbons (Fsp3) is 0. The van der Waals surface area contributed by atoms with Crippen molar-refractivity contribution >= 4 is 21.6 Å². The zero-order valence-corrected chi connectivity index (χ0v) is 14.9. The first-order chi connectivity index (χ1) is 13.2. The van der Waals surface area contributed by atoms with Gasteiger partial charge in [-0.05, 0) is 36.4 Å². The fourth-order valence-corrected chi connectivity index (χ4v) is 3.32. The van der Waals surface area contributed by atoms with Crippen molar-refractivity contribution < 1.29 is 26.7 Å². The Labute approximate surface area is 158 Å². The van der Waals surface area contributed by atoms with Gasteiger partial charge in [0.1, 0.15) is 17.4 Å². The van der Waals surface area contributed by atoms with Gasteiger partial charge in [0.25, 0.3) is 10.0 Å². The van der Waals surface area contributed by atoms with E-state index in [0.717, 1.165) is 0 Å². The smallest absolute Gasteiger partial charge is 0.262 e. The van der Waals surface area contributed by atoms with Crippen molar-refractivity contribution in [3.05, 3.63) is 78.0 Å². The Kier molecular flexibility index (Phi) is 5.23. The third-order valence-electron chi connectivity index (χ3n) is 3.48. The van der Waals surface area contributed by atoms with Gasteiger partial charge >= 0.3 is 0 Å². The molecular weight excluding hydrogens is 392 g/mol. The average molecular weight is 405 g/mol. The maximum absolute atomic E-state index is 13.2. The van der Waals surface area contributed by atoms with Crippen molar-refractivity contribution in [1.29, 1.82) is 0 Å². The number of anilines is 1. The number of hydrogen-bond donors (Lipinski definition) is 2. The molecule has 1 aromatic heterocycles. The zero-order chi connectivity index (χ0) is 20.3. The lowest BCUT2D eigenvalue weighted by molar-refractivity contribution is 0.1000. The van der Waals surface area contributed by atoms with Crippen LogP contribution in [0.3, 0.4) is 0 Å². The van der Waals surface area contributed by atoms with E-state index in [1.54, 1.807) is 12.1 Å². The molecule has 0 saturated carbocycles. The molecule has 0 aliphatic heterocycles. The highest BCUT2D eigenvalue weighted by Gasteiger charge is 2.17. The number of aromatic nitrogens is 1. The Morgan fingerprint density at radius 1 is 1.04 bits per heavy atom. The van der Waals surface area contributed by atoms with Crippen LogP contribution in [0.4, 0.5) is 14.5 Å². The Morgan fingerprint density at radius 3 is 2.36 bits per heavy atom. The highest BCUT2D eigenvalue weighted by molar-refractivity contribution is 7.92. The molecular formula is C18H13F2N3O4S. The van der Waals surface area contributed by atoms with E-state index < -0.39 is 32.5 Å². The number of sulfonamides is 1. The van der Waals surface area contributed by atoms with Crippen LogP contribution >= 0.6 is 0 Å². The lowest BCUT2D eigenvalue weighted by Gasteiger charge is -2.09. The maximum Gasteiger partial charge on any atom is 0.262 e. The number of carbonyl (C=O) groups excluding carboxylic acids is 1. The van der Waals surface area contributed by atoms with Crippen LogP contribution in [0.15, 0.2) is 65.7 Å². The molecule has 0 unspecified atom stereocenters. The number of halogens is 2. The Hall–Kier alpha value is -3.53. The van der Waals surface area contributed by atoms with E-state index in [4.69, 9.17) is 10.5 Å². The molecule has 1 heterocycles. The molecule has 28 heavy (non-hydrogen) atoms. The molecule has 2 aromatic carbocycles. The third kappa shape index (κ3) is 4.60. The molecule has 7 nitrogen and oxygen atoms in total. The van der Waals surface area contributed by atoms with Gasteiger partial charge < -0.3 is 10.5 Å². The second-order valence-corrected chi connectivity index (χ2v) is 7.27. The van der Waals surface area contributed by atoms with Crippen LogP contribution < -0.4 is 15.2 Å². The summed E-state index contributed by atoms with van der Waals surface area (Å²) in [6, 6.07) is 10.8. The molecule has 0 bridgehead atoms. The number of carbonyl (C=O) groups is 1. The van der Waals surface area contributed by atoms with Crippen LogP contribution in [-0.4, -0.2) is 19.3 Å². The van der Waals surface area contributed by atoms with Gasteiger partial charge in [-0.2, -0.15) is 0 Å². The molecule has 3 aromatic rings. The van der Waals surface area contributed by atoms with Crippen LogP contribution in [0, 0.1) is 11.6 Å². The van der Waals surface area contributed by atoms with Gasteiger partial charge in [-0.3, -0.25) is 9.52 Å². The number of benzene rings is 2. The third-order valence-corrected chi connectivity index (χ3v) is 4.84. The van der Waals surface area contributed by atoms with Crippen LogP contribution in [0.1, 0.15) is 10.4 Å². The van der Waals surface area contributed by atoms with E-state index >= 15 is 0 Å². The first-order valence-electron chi connectivity index (χ1n) is 7.76. The van der Waals surface area contributed by atoms with E-state index in [9.17, 15) is 22.0 Å². The van der Waals surface area contributed by atoms with Gasteiger partial charge in [0, 0.05) is 17.7 Å². The minimum absolute atomic E-state index is 0.0582. The SMILES string of the molecule is NC(=O)c1cccc(Oc2ccc(NS(=O)(=O)c3cc(F)cc(F)c3)cn2)c1. The second kappa shape index (κ2) is 7.61. The van der Waals surface area contributed by atoms with Crippen molar-refractivity contribution in [3.63, 3.8) is 0 Å². The average Bonchev–Trinajstić information content (AvgIpc) is 2.62. The van der Waals surface area contributed by atoms with Crippen molar-refractivity contribution in [2.24, 2.45) is 5.73 Å². The highest BCUT2D eigenvalue weighted by atomic mass is 32.2. The molecule has 0 saturated heterocycles. The summed E-state index contributed by atoms with van der Waals surface area (Å²) >= 11 is 0. The van der Waals surface area contributed by atoms with Crippen LogP contribution in [0.2, 0.25) is 0 Å². The Balaban J connectivity index is 1.75. The second-order valence-electron chi connectivity index (χ2n) is 5.59. The van der Waals surface area contributed by atoms with Gasteiger partial charge in [-0.15, -0.1) is 0 Å². The van der Waals surface area contributed by atoms with Gasteiger partial charge in [0.05, 0.1) is 16.8 Å². The van der Waals surface area contributed by atoms with Gasteiger partial charge in [-0.25, -0.2) is 22.2 Å². The summed E-state index contributed by atoms with van der Waals surface area (Å²) in [5, 5.41) is 0. The minimum Gasteiger partial charge on any atom is -0.439 e. The number of rotatable bonds is 6. The van der Waals surface area contributed by atoms with E-state index in [1.165, 1.54) is 30.5 Å². The highest BCUT2D eigenvalue weighted by Crippen LogP contribution is 2.23. The van der Waals surface area contributed by atoms with Crippen molar-refractivity contribution in [2.45, 2.75) is 4.90 Å². The van der Waals surface area contributed by atoms with Gasteiger partial charge in [0.15, 0.2) is 0 Å². The Morgan fingerprint density at radius 2 is 1.75 bits per heavy atom.